The molecule has 4 rings (SSSR count). The molecule has 1 fully saturated rings. The van der Waals surface area contributed by atoms with Crippen molar-refractivity contribution in [2.45, 2.75) is 44.8 Å². The maximum Gasteiger partial charge on any atom is 0.335 e. The van der Waals surface area contributed by atoms with E-state index in [1.165, 1.54) is 22.4 Å². The number of carboxylic acids is 1. The van der Waals surface area contributed by atoms with Crippen molar-refractivity contribution in [3.8, 4) is 0 Å². The number of nitrogens with zero attached hydrogens (tertiary/aromatic N) is 1. The third kappa shape index (κ3) is 3.89. The molecule has 2 N–H and O–H groups in total. The zero-order valence-corrected chi connectivity index (χ0v) is 17.4. The van der Waals surface area contributed by atoms with Crippen molar-refractivity contribution in [3.05, 3.63) is 65.0 Å². The third-order valence-electron chi connectivity index (χ3n) is 6.69. The molecule has 1 saturated heterocycles. The van der Waals surface area contributed by atoms with Gasteiger partial charge in [-0.25, -0.2) is 4.79 Å². The summed E-state index contributed by atoms with van der Waals surface area (Å²) in [5, 5.41) is 9.22. The predicted octanol–water partition coefficient (Wildman–Crippen LogP) is 4.70. The lowest BCUT2D eigenvalue weighted by molar-refractivity contribution is 0.00653. The highest BCUT2D eigenvalue weighted by Gasteiger charge is 2.34. The molecule has 0 amide bonds. The van der Waals surface area contributed by atoms with Gasteiger partial charge in [-0.1, -0.05) is 25.1 Å². The molecular formula is C24H30N2O3. The molecule has 154 valence electrons. The van der Waals surface area contributed by atoms with Crippen molar-refractivity contribution in [1.29, 1.82) is 0 Å². The zero-order valence-electron chi connectivity index (χ0n) is 17.4. The van der Waals surface area contributed by atoms with Crippen molar-refractivity contribution < 1.29 is 14.6 Å². The Morgan fingerprint density at radius 3 is 2.72 bits per heavy atom. The highest BCUT2D eigenvalue weighted by molar-refractivity contribution is 5.87. The number of hydrogen-bond acceptors (Lipinski definition) is 3. The van der Waals surface area contributed by atoms with Crippen LogP contribution >= 0.6 is 0 Å². The van der Waals surface area contributed by atoms with E-state index in [2.05, 4.69) is 35.9 Å². The Bertz CT molecular complexity index is 899. The molecule has 2 aromatic rings. The zero-order chi connectivity index (χ0) is 20.5. The summed E-state index contributed by atoms with van der Waals surface area (Å²) in [7, 11) is 1.79. The van der Waals surface area contributed by atoms with Crippen LogP contribution in [-0.4, -0.2) is 47.3 Å². The first-order chi connectivity index (χ1) is 14.0. The summed E-state index contributed by atoms with van der Waals surface area (Å²) in [5.74, 6) is 0.0401. The number of aromatic carboxylic acids is 1. The number of ether oxygens (including phenoxy) is 1. The molecule has 0 radical (unpaired) electrons. The van der Waals surface area contributed by atoms with Gasteiger partial charge >= 0.3 is 5.97 Å². The number of aromatic nitrogens is 1. The van der Waals surface area contributed by atoms with Gasteiger partial charge in [0.15, 0.2) is 0 Å². The monoisotopic (exact) mass is 394 g/mol. The maximum absolute atomic E-state index is 11.2. The number of hydrogen-bond donors (Lipinski definition) is 2. The average Bonchev–Trinajstić information content (AvgIpc) is 3.21. The van der Waals surface area contributed by atoms with Crippen molar-refractivity contribution in [3.63, 3.8) is 0 Å². The van der Waals surface area contributed by atoms with E-state index in [1.807, 2.05) is 18.3 Å². The lowest BCUT2D eigenvalue weighted by atomic mass is 9.79. The van der Waals surface area contributed by atoms with E-state index >= 15 is 0 Å². The van der Waals surface area contributed by atoms with Crippen LogP contribution in [0.15, 0.2) is 42.6 Å². The van der Waals surface area contributed by atoms with Gasteiger partial charge < -0.3 is 14.8 Å². The van der Waals surface area contributed by atoms with Crippen LogP contribution in [0.4, 0.5) is 0 Å². The molecule has 1 aliphatic heterocycles. The average molecular weight is 395 g/mol. The number of rotatable bonds is 5. The summed E-state index contributed by atoms with van der Waals surface area (Å²) >= 11 is 0. The van der Waals surface area contributed by atoms with Crippen LogP contribution in [0.3, 0.4) is 0 Å². The molecule has 0 bridgehead atoms. The molecule has 4 atom stereocenters. The standard InChI is InChI=1S/C24H30N2O3/c1-15-12-16(2)23-20(8-10-25-23)21(15)14-26-11-9-19(29-3)13-22(26)17-4-6-18(7-5-17)24(27)28/h4-8,10,12,15,19,21-22,25H,9,11,13-14H2,1-3H3,(H,27,28)/t15?,19?,21?,22-/m0/s1. The van der Waals surface area contributed by atoms with Crippen molar-refractivity contribution >= 4 is 11.5 Å². The topological polar surface area (TPSA) is 65.6 Å². The van der Waals surface area contributed by atoms with E-state index < -0.39 is 5.97 Å². The Morgan fingerprint density at radius 2 is 2.03 bits per heavy atom. The summed E-state index contributed by atoms with van der Waals surface area (Å²) in [4.78, 5) is 17.2. The number of fused-ring (bicyclic) bond motifs is 1. The van der Waals surface area contributed by atoms with E-state index in [0.717, 1.165) is 25.9 Å². The van der Waals surface area contributed by atoms with E-state index in [-0.39, 0.29) is 12.1 Å². The smallest absolute Gasteiger partial charge is 0.335 e. The first-order valence-corrected chi connectivity index (χ1v) is 10.4. The second-order valence-electron chi connectivity index (χ2n) is 8.44. The van der Waals surface area contributed by atoms with E-state index in [4.69, 9.17) is 4.74 Å². The minimum atomic E-state index is -0.884. The number of methoxy groups -OCH3 is 1. The number of carboxylic acid groups (broad SMARTS) is 1. The molecule has 1 aromatic carbocycles. The molecule has 0 spiro atoms. The van der Waals surface area contributed by atoms with Gasteiger partial charge in [0.25, 0.3) is 0 Å². The molecule has 2 heterocycles. The maximum atomic E-state index is 11.2. The van der Waals surface area contributed by atoms with Gasteiger partial charge in [0, 0.05) is 44.0 Å². The molecule has 5 nitrogen and oxygen atoms in total. The largest absolute Gasteiger partial charge is 0.478 e. The fourth-order valence-corrected chi connectivity index (χ4v) is 5.04. The van der Waals surface area contributed by atoms with E-state index in [9.17, 15) is 9.90 Å². The van der Waals surface area contributed by atoms with Crippen LogP contribution < -0.4 is 0 Å². The van der Waals surface area contributed by atoms with Crippen LogP contribution in [0, 0.1) is 5.92 Å². The minimum Gasteiger partial charge on any atom is -0.478 e. The molecular weight excluding hydrogens is 364 g/mol. The van der Waals surface area contributed by atoms with E-state index in [1.54, 1.807) is 19.2 Å². The summed E-state index contributed by atoms with van der Waals surface area (Å²) < 4.78 is 5.69. The van der Waals surface area contributed by atoms with Crippen molar-refractivity contribution in [2.75, 3.05) is 20.2 Å². The number of benzene rings is 1. The molecule has 3 unspecified atom stereocenters. The van der Waals surface area contributed by atoms with Crippen molar-refractivity contribution in [2.24, 2.45) is 5.92 Å². The van der Waals surface area contributed by atoms with Gasteiger partial charge in [-0.15, -0.1) is 0 Å². The first kappa shape index (κ1) is 19.9. The summed E-state index contributed by atoms with van der Waals surface area (Å²) in [6, 6.07) is 9.83. The van der Waals surface area contributed by atoms with Gasteiger partial charge in [0.05, 0.1) is 11.7 Å². The number of likely N-dealkylation sites (tertiary alicyclic amines) is 1. The Kier molecular flexibility index (Phi) is 5.61. The highest BCUT2D eigenvalue weighted by Crippen LogP contribution is 2.41. The quantitative estimate of drug-likeness (QED) is 0.771. The van der Waals surface area contributed by atoms with Gasteiger partial charge in [-0.05, 0) is 60.6 Å². The Balaban J connectivity index is 1.60. The highest BCUT2D eigenvalue weighted by atomic mass is 16.5. The summed E-state index contributed by atoms with van der Waals surface area (Å²) in [5.41, 5.74) is 5.50. The van der Waals surface area contributed by atoms with Gasteiger partial charge in [0.2, 0.25) is 0 Å². The third-order valence-corrected chi connectivity index (χ3v) is 6.69. The first-order valence-electron chi connectivity index (χ1n) is 10.4. The molecule has 0 saturated carbocycles. The predicted molar refractivity (Wildman–Crippen MR) is 114 cm³/mol. The number of nitrogens with one attached hydrogen (secondary N) is 1. The minimum absolute atomic E-state index is 0.234. The second kappa shape index (κ2) is 8.17. The van der Waals surface area contributed by atoms with Crippen LogP contribution in [0.1, 0.15) is 65.8 Å². The van der Waals surface area contributed by atoms with Crippen LogP contribution in [-0.2, 0) is 4.74 Å². The fraction of sp³-hybridized carbons (Fsp3) is 0.458. The normalized spacial score (nSPS) is 27.3. The lowest BCUT2D eigenvalue weighted by Gasteiger charge is -2.42. The molecule has 1 aliphatic carbocycles. The van der Waals surface area contributed by atoms with Gasteiger partial charge in [-0.3, -0.25) is 4.90 Å². The Labute approximate surface area is 172 Å². The SMILES string of the molecule is COC1CCN(CC2c3cc[nH]c3C(C)=CC2C)[C@H](c2ccc(C(=O)O)cc2)C1. The Hall–Kier alpha value is -2.37. The van der Waals surface area contributed by atoms with Crippen LogP contribution in [0.2, 0.25) is 0 Å². The second-order valence-corrected chi connectivity index (χ2v) is 8.44. The molecule has 5 heteroatoms. The van der Waals surface area contributed by atoms with Gasteiger partial charge in [0.1, 0.15) is 0 Å². The van der Waals surface area contributed by atoms with Crippen LogP contribution in [0.25, 0.3) is 5.57 Å². The van der Waals surface area contributed by atoms with E-state index in [0.29, 0.717) is 17.4 Å². The molecule has 29 heavy (non-hydrogen) atoms. The lowest BCUT2D eigenvalue weighted by Crippen LogP contribution is -2.42. The van der Waals surface area contributed by atoms with Gasteiger partial charge in [-0.2, -0.15) is 0 Å². The number of allylic oxidation sites excluding steroid dienone is 2. The van der Waals surface area contributed by atoms with Crippen LogP contribution in [0.5, 0.6) is 0 Å². The molecule has 2 aliphatic rings. The number of H-pyrrole nitrogens is 1. The van der Waals surface area contributed by atoms with Crippen molar-refractivity contribution in [1.82, 2.24) is 9.88 Å². The molecule has 1 aromatic heterocycles. The summed E-state index contributed by atoms with van der Waals surface area (Å²) in [6.07, 6.45) is 6.62. The Morgan fingerprint density at radius 1 is 1.28 bits per heavy atom. The fourth-order valence-electron chi connectivity index (χ4n) is 5.04. The number of carbonyl (C=O) groups is 1. The number of piperidine rings is 1. The number of aromatic amines is 1. The summed E-state index contributed by atoms with van der Waals surface area (Å²) in [6.45, 7) is 6.45.